The molecule has 0 aliphatic carbocycles. The molecule has 48 heavy (non-hydrogen) atoms. The molecule has 1 aliphatic rings. The third-order valence-electron chi connectivity index (χ3n) is 7.76. The van der Waals surface area contributed by atoms with Crippen molar-refractivity contribution in [1.29, 1.82) is 0 Å². The van der Waals surface area contributed by atoms with E-state index in [1.807, 2.05) is 56.3 Å². The fourth-order valence-electron chi connectivity index (χ4n) is 5.29. The average Bonchev–Trinajstić information content (AvgIpc) is 3.07. The van der Waals surface area contributed by atoms with Crippen LogP contribution in [0.15, 0.2) is 79.1 Å². The summed E-state index contributed by atoms with van der Waals surface area (Å²) in [5.41, 5.74) is 2.01. The third-order valence-corrected chi connectivity index (χ3v) is 7.76. The summed E-state index contributed by atoms with van der Waals surface area (Å²) in [6.07, 6.45) is 4.38. The molecule has 0 spiro atoms. The van der Waals surface area contributed by atoms with Gasteiger partial charge in [-0.05, 0) is 60.6 Å². The number of para-hydroxylation sites is 1. The molecule has 12 nitrogen and oxygen atoms in total. The van der Waals surface area contributed by atoms with Gasteiger partial charge in [-0.1, -0.05) is 56.3 Å². The molecular weight excluding hydrogens is 612 g/mol. The van der Waals surface area contributed by atoms with Gasteiger partial charge in [0.25, 0.3) is 5.91 Å². The number of nitrogens with zero attached hydrogens (tertiary/aromatic N) is 1. The predicted molar refractivity (Wildman–Crippen MR) is 180 cm³/mol. The highest BCUT2D eigenvalue weighted by Gasteiger charge is 2.30. The Morgan fingerprint density at radius 1 is 0.875 bits per heavy atom. The molecule has 254 valence electrons. The van der Waals surface area contributed by atoms with Crippen LogP contribution in [0.1, 0.15) is 54.6 Å². The summed E-state index contributed by atoms with van der Waals surface area (Å²) < 4.78 is 5.89. The Kier molecular flexibility index (Phi) is 13.5. The molecule has 1 aliphatic heterocycles. The number of amides is 5. The Balaban J connectivity index is 1.58. The van der Waals surface area contributed by atoms with Crippen molar-refractivity contribution in [2.75, 3.05) is 19.7 Å². The van der Waals surface area contributed by atoms with Gasteiger partial charge in [-0.15, -0.1) is 0 Å². The number of aromatic nitrogens is 1. The third kappa shape index (κ3) is 11.2. The van der Waals surface area contributed by atoms with E-state index in [0.29, 0.717) is 18.6 Å². The van der Waals surface area contributed by atoms with Crippen molar-refractivity contribution in [2.24, 2.45) is 5.92 Å². The molecule has 0 radical (unpaired) electrons. The van der Waals surface area contributed by atoms with Crippen LogP contribution in [0.2, 0.25) is 0 Å². The predicted octanol–water partition coefficient (Wildman–Crippen LogP) is 2.09. The maximum absolute atomic E-state index is 13.6. The van der Waals surface area contributed by atoms with Crippen molar-refractivity contribution in [1.82, 2.24) is 31.6 Å². The SMILES string of the molecule is CC(C)C[C@H]1NC(=O)C[C@@H](C(=O)NCCc2ccncc2)NC(=O)c2ccccc2OCCCNC(=O)[C@H](Cc2ccccc2)NC1=O. The van der Waals surface area contributed by atoms with E-state index in [1.165, 1.54) is 0 Å². The number of fused-ring (bicyclic) bond motifs is 1. The van der Waals surface area contributed by atoms with Crippen LogP contribution >= 0.6 is 0 Å². The Morgan fingerprint density at radius 3 is 2.35 bits per heavy atom. The molecule has 5 N–H and O–H groups in total. The Bertz CT molecular complexity index is 1530. The highest BCUT2D eigenvalue weighted by Crippen LogP contribution is 2.19. The molecule has 0 bridgehead atoms. The van der Waals surface area contributed by atoms with Gasteiger partial charge in [0.2, 0.25) is 23.6 Å². The van der Waals surface area contributed by atoms with Crippen LogP contribution in [0.3, 0.4) is 0 Å². The molecule has 0 saturated carbocycles. The first-order valence-corrected chi connectivity index (χ1v) is 16.3. The average molecular weight is 657 g/mol. The zero-order valence-corrected chi connectivity index (χ0v) is 27.4. The summed E-state index contributed by atoms with van der Waals surface area (Å²) in [5, 5.41) is 14.0. The van der Waals surface area contributed by atoms with Crippen molar-refractivity contribution in [3.05, 3.63) is 95.8 Å². The summed E-state index contributed by atoms with van der Waals surface area (Å²) in [6.45, 7) is 4.55. The van der Waals surface area contributed by atoms with Crippen LogP contribution in [0.4, 0.5) is 0 Å². The second kappa shape index (κ2) is 18.2. The second-order valence-corrected chi connectivity index (χ2v) is 12.1. The van der Waals surface area contributed by atoms with E-state index in [9.17, 15) is 24.0 Å². The van der Waals surface area contributed by atoms with Gasteiger partial charge in [0.1, 0.15) is 23.9 Å². The lowest BCUT2D eigenvalue weighted by molar-refractivity contribution is -0.133. The number of carbonyl (C=O) groups is 5. The summed E-state index contributed by atoms with van der Waals surface area (Å²) in [6, 6.07) is 16.5. The molecule has 12 heteroatoms. The van der Waals surface area contributed by atoms with Gasteiger partial charge in [0, 0.05) is 31.9 Å². The Labute approximate surface area is 280 Å². The van der Waals surface area contributed by atoms with Crippen LogP contribution in [0, 0.1) is 5.92 Å². The first kappa shape index (κ1) is 35.6. The summed E-state index contributed by atoms with van der Waals surface area (Å²) in [4.78, 5) is 71.3. The van der Waals surface area contributed by atoms with Gasteiger partial charge in [-0.25, -0.2) is 0 Å². The molecule has 2 aromatic carbocycles. The lowest BCUT2D eigenvalue weighted by atomic mass is 10.0. The molecule has 0 saturated heterocycles. The molecule has 2 heterocycles. The van der Waals surface area contributed by atoms with Crippen molar-refractivity contribution in [3.8, 4) is 5.75 Å². The quantitative estimate of drug-likeness (QED) is 0.248. The minimum absolute atomic E-state index is 0.0174. The topological polar surface area (TPSA) is 168 Å². The van der Waals surface area contributed by atoms with Gasteiger partial charge in [-0.2, -0.15) is 0 Å². The van der Waals surface area contributed by atoms with E-state index in [1.54, 1.807) is 36.7 Å². The van der Waals surface area contributed by atoms with Crippen LogP contribution < -0.4 is 31.3 Å². The van der Waals surface area contributed by atoms with Crippen molar-refractivity contribution < 1.29 is 28.7 Å². The smallest absolute Gasteiger partial charge is 0.255 e. The summed E-state index contributed by atoms with van der Waals surface area (Å²) in [5.74, 6) is -2.33. The van der Waals surface area contributed by atoms with E-state index in [2.05, 4.69) is 31.6 Å². The molecule has 5 amide bonds. The minimum Gasteiger partial charge on any atom is -0.493 e. The lowest BCUT2D eigenvalue weighted by Crippen LogP contribution is -2.56. The fourth-order valence-corrected chi connectivity index (χ4v) is 5.29. The van der Waals surface area contributed by atoms with E-state index in [4.69, 9.17) is 4.74 Å². The molecule has 1 aromatic heterocycles. The molecule has 3 aromatic rings. The number of pyridine rings is 1. The van der Waals surface area contributed by atoms with Crippen LogP contribution in [-0.2, 0) is 32.0 Å². The van der Waals surface area contributed by atoms with E-state index in [-0.39, 0.29) is 49.9 Å². The van der Waals surface area contributed by atoms with Crippen molar-refractivity contribution >= 4 is 29.5 Å². The zero-order valence-electron chi connectivity index (χ0n) is 27.4. The van der Waals surface area contributed by atoms with Crippen molar-refractivity contribution in [2.45, 2.75) is 64.1 Å². The van der Waals surface area contributed by atoms with Crippen molar-refractivity contribution in [3.63, 3.8) is 0 Å². The number of hydrogen-bond donors (Lipinski definition) is 5. The maximum atomic E-state index is 13.6. The normalized spacial score (nSPS) is 19.7. The summed E-state index contributed by atoms with van der Waals surface area (Å²) in [7, 11) is 0. The number of hydrogen-bond acceptors (Lipinski definition) is 7. The number of carbonyl (C=O) groups excluding carboxylic acids is 5. The maximum Gasteiger partial charge on any atom is 0.255 e. The van der Waals surface area contributed by atoms with Gasteiger partial charge < -0.3 is 31.3 Å². The van der Waals surface area contributed by atoms with Gasteiger partial charge in [-0.3, -0.25) is 29.0 Å². The molecule has 3 atom stereocenters. The van der Waals surface area contributed by atoms with E-state index >= 15 is 0 Å². The standard InChI is InChI=1S/C36H44N6O6/c1-24(2)21-28-36(47)42-29(22-26-9-4-3-5-10-26)34(45)38-16-8-20-48-31-12-7-6-11-27(31)33(44)41-30(23-32(43)40-28)35(46)39-19-15-25-13-17-37-18-14-25/h3-7,9-14,17-18,24,28-30H,8,15-16,19-23H2,1-2H3,(H,38,45)(H,39,46)(H,40,43)(H,41,44)(H,42,47)/t28-,29+,30+/m1/s1. The van der Waals surface area contributed by atoms with Gasteiger partial charge in [0.05, 0.1) is 18.6 Å². The van der Waals surface area contributed by atoms with E-state index < -0.39 is 48.2 Å². The molecular formula is C36H44N6O6. The highest BCUT2D eigenvalue weighted by molar-refractivity contribution is 6.01. The molecule has 0 unspecified atom stereocenters. The lowest BCUT2D eigenvalue weighted by Gasteiger charge is -2.25. The molecule has 4 rings (SSSR count). The first-order valence-electron chi connectivity index (χ1n) is 16.3. The van der Waals surface area contributed by atoms with Crippen LogP contribution in [-0.4, -0.2) is 72.3 Å². The summed E-state index contributed by atoms with van der Waals surface area (Å²) >= 11 is 0. The number of rotatable bonds is 8. The van der Waals surface area contributed by atoms with Crippen LogP contribution in [0.5, 0.6) is 5.75 Å². The largest absolute Gasteiger partial charge is 0.493 e. The van der Waals surface area contributed by atoms with Gasteiger partial charge >= 0.3 is 0 Å². The van der Waals surface area contributed by atoms with Gasteiger partial charge in [0.15, 0.2) is 0 Å². The second-order valence-electron chi connectivity index (χ2n) is 12.1. The van der Waals surface area contributed by atoms with Crippen LogP contribution in [0.25, 0.3) is 0 Å². The Morgan fingerprint density at radius 2 is 1.60 bits per heavy atom. The minimum atomic E-state index is -1.25. The zero-order chi connectivity index (χ0) is 34.3. The molecule has 0 fully saturated rings. The fraction of sp³-hybridized carbons (Fsp3) is 0.389. The Hall–Kier alpha value is -5.26. The first-order chi connectivity index (χ1) is 23.2. The monoisotopic (exact) mass is 656 g/mol. The number of nitrogens with one attached hydrogen (secondary N) is 5. The highest BCUT2D eigenvalue weighted by atomic mass is 16.5. The van der Waals surface area contributed by atoms with E-state index in [0.717, 1.165) is 11.1 Å². The number of benzene rings is 2. The number of ether oxygens (including phenoxy) is 1.